The van der Waals surface area contributed by atoms with Crippen molar-refractivity contribution in [3.8, 4) is 34.7 Å². The Kier molecular flexibility index (Phi) is 5.76. The van der Waals surface area contributed by atoms with Crippen LogP contribution in [0.15, 0.2) is 40.9 Å². The molecule has 28 heavy (non-hydrogen) atoms. The van der Waals surface area contributed by atoms with Crippen LogP contribution >= 0.6 is 0 Å². The minimum atomic E-state index is -0.0296. The van der Waals surface area contributed by atoms with Crippen molar-refractivity contribution in [2.75, 3.05) is 0 Å². The molecular formula is C22H24N4O2. The Morgan fingerprint density at radius 2 is 2.04 bits per heavy atom. The van der Waals surface area contributed by atoms with E-state index in [1.54, 1.807) is 12.1 Å². The highest BCUT2D eigenvalue weighted by Crippen LogP contribution is 2.30. The van der Waals surface area contributed by atoms with E-state index in [0.29, 0.717) is 28.6 Å². The summed E-state index contributed by atoms with van der Waals surface area (Å²) >= 11 is 0. The number of ether oxygens (including phenoxy) is 1. The minimum Gasteiger partial charge on any atom is -0.490 e. The summed E-state index contributed by atoms with van der Waals surface area (Å²) in [6, 6.07) is 13.3. The van der Waals surface area contributed by atoms with Crippen LogP contribution in [0.2, 0.25) is 0 Å². The predicted octanol–water partition coefficient (Wildman–Crippen LogP) is 4.78. The quantitative estimate of drug-likeness (QED) is 0.665. The molecule has 3 rings (SSSR count). The van der Waals surface area contributed by atoms with Crippen LogP contribution in [0.4, 0.5) is 0 Å². The van der Waals surface area contributed by atoms with Crippen molar-refractivity contribution in [1.29, 1.82) is 5.26 Å². The molecule has 0 radical (unpaired) electrons. The van der Waals surface area contributed by atoms with Gasteiger partial charge in [-0.25, -0.2) is 0 Å². The first-order valence-corrected chi connectivity index (χ1v) is 9.35. The maximum atomic E-state index is 9.42. The Bertz CT molecular complexity index is 1020. The van der Waals surface area contributed by atoms with Gasteiger partial charge in [-0.1, -0.05) is 30.3 Å². The zero-order valence-electron chi connectivity index (χ0n) is 16.6. The van der Waals surface area contributed by atoms with E-state index in [-0.39, 0.29) is 12.1 Å². The minimum absolute atomic E-state index is 0.0160. The van der Waals surface area contributed by atoms with Crippen LogP contribution in [0.25, 0.3) is 22.8 Å². The Hall–Kier alpha value is -3.17. The Morgan fingerprint density at radius 1 is 1.25 bits per heavy atom. The number of aromatic nitrogens is 2. The zero-order chi connectivity index (χ0) is 20.3. The van der Waals surface area contributed by atoms with Crippen molar-refractivity contribution in [1.82, 2.24) is 10.1 Å². The van der Waals surface area contributed by atoms with E-state index < -0.39 is 0 Å². The first-order chi connectivity index (χ1) is 13.4. The largest absolute Gasteiger partial charge is 0.490 e. The molecule has 6 heteroatoms. The average molecular weight is 376 g/mol. The summed E-state index contributed by atoms with van der Waals surface area (Å²) in [5, 5.41) is 13.6. The average Bonchev–Trinajstić information content (AvgIpc) is 3.17. The van der Waals surface area contributed by atoms with Crippen molar-refractivity contribution >= 4 is 0 Å². The number of nitrogens with zero attached hydrogens (tertiary/aromatic N) is 3. The maximum absolute atomic E-state index is 9.42. The fourth-order valence-corrected chi connectivity index (χ4v) is 3.07. The predicted molar refractivity (Wildman–Crippen MR) is 108 cm³/mol. The summed E-state index contributed by atoms with van der Waals surface area (Å²) in [6.45, 7) is 7.91. The third kappa shape index (κ3) is 3.90. The van der Waals surface area contributed by atoms with Crippen molar-refractivity contribution in [3.05, 3.63) is 53.1 Å². The number of hydrogen-bond donors (Lipinski definition) is 1. The monoisotopic (exact) mass is 376 g/mol. The zero-order valence-corrected chi connectivity index (χ0v) is 16.6. The van der Waals surface area contributed by atoms with E-state index in [9.17, 15) is 5.26 Å². The van der Waals surface area contributed by atoms with Gasteiger partial charge in [0.25, 0.3) is 5.89 Å². The maximum Gasteiger partial charge on any atom is 0.258 e. The van der Waals surface area contributed by atoms with Crippen LogP contribution in [0, 0.1) is 18.3 Å². The van der Waals surface area contributed by atoms with Gasteiger partial charge in [0, 0.05) is 17.2 Å². The molecule has 6 nitrogen and oxygen atoms in total. The van der Waals surface area contributed by atoms with Crippen LogP contribution in [-0.4, -0.2) is 16.2 Å². The molecule has 1 aromatic heterocycles. The fourth-order valence-electron chi connectivity index (χ4n) is 3.07. The van der Waals surface area contributed by atoms with Crippen LogP contribution in [0.3, 0.4) is 0 Å². The van der Waals surface area contributed by atoms with Gasteiger partial charge in [0.05, 0.1) is 11.7 Å². The molecule has 1 heterocycles. The SMILES string of the molecule is CC[C@H](N)c1cccc(-c2noc(-c3ccc(OC(C)C)c(C#N)c3)n2)c1C. The molecule has 0 fully saturated rings. The Morgan fingerprint density at radius 3 is 2.71 bits per heavy atom. The highest BCUT2D eigenvalue weighted by molar-refractivity contribution is 5.66. The first-order valence-electron chi connectivity index (χ1n) is 9.35. The summed E-state index contributed by atoms with van der Waals surface area (Å²) in [7, 11) is 0. The van der Waals surface area contributed by atoms with Crippen molar-refractivity contribution in [3.63, 3.8) is 0 Å². The Labute approximate surface area is 164 Å². The number of nitrogens with two attached hydrogens (primary N) is 1. The van der Waals surface area contributed by atoms with E-state index in [0.717, 1.165) is 23.1 Å². The molecule has 2 N–H and O–H groups in total. The molecule has 0 aliphatic heterocycles. The lowest BCUT2D eigenvalue weighted by molar-refractivity contribution is 0.242. The second kappa shape index (κ2) is 8.24. The first kappa shape index (κ1) is 19.6. The fraction of sp³-hybridized carbons (Fsp3) is 0.318. The van der Waals surface area contributed by atoms with Gasteiger partial charge in [-0.15, -0.1) is 0 Å². The summed E-state index contributed by atoms with van der Waals surface area (Å²) in [4.78, 5) is 4.54. The third-order valence-electron chi connectivity index (χ3n) is 4.59. The van der Waals surface area contributed by atoms with Gasteiger partial charge < -0.3 is 15.0 Å². The highest BCUT2D eigenvalue weighted by atomic mass is 16.5. The smallest absolute Gasteiger partial charge is 0.258 e. The second-order valence-corrected chi connectivity index (χ2v) is 6.95. The molecule has 0 aliphatic rings. The lowest BCUT2D eigenvalue weighted by Crippen LogP contribution is -2.10. The lowest BCUT2D eigenvalue weighted by atomic mass is 9.95. The summed E-state index contributed by atoms with van der Waals surface area (Å²) in [5.41, 5.74) is 10.3. The second-order valence-electron chi connectivity index (χ2n) is 6.95. The molecule has 2 aromatic carbocycles. The molecule has 0 saturated heterocycles. The molecule has 0 amide bonds. The molecule has 0 spiro atoms. The highest BCUT2D eigenvalue weighted by Gasteiger charge is 2.17. The van der Waals surface area contributed by atoms with E-state index >= 15 is 0 Å². The van der Waals surface area contributed by atoms with E-state index in [4.69, 9.17) is 15.0 Å². The molecule has 0 unspecified atom stereocenters. The van der Waals surface area contributed by atoms with Crippen LogP contribution in [0.1, 0.15) is 49.9 Å². The van der Waals surface area contributed by atoms with Gasteiger partial charge in [-0.3, -0.25) is 0 Å². The molecule has 0 bridgehead atoms. The van der Waals surface area contributed by atoms with Crippen LogP contribution in [-0.2, 0) is 0 Å². The van der Waals surface area contributed by atoms with Crippen molar-refractivity contribution < 1.29 is 9.26 Å². The molecule has 1 atom stereocenters. The third-order valence-corrected chi connectivity index (χ3v) is 4.59. The van der Waals surface area contributed by atoms with E-state index in [2.05, 4.69) is 23.1 Å². The van der Waals surface area contributed by atoms with Crippen LogP contribution < -0.4 is 10.5 Å². The van der Waals surface area contributed by atoms with Crippen LogP contribution in [0.5, 0.6) is 5.75 Å². The molecule has 3 aromatic rings. The number of nitriles is 1. The standard InChI is InChI=1S/C22H24N4O2/c1-5-19(24)17-7-6-8-18(14(17)4)21-25-22(28-26-21)15-9-10-20(27-13(2)3)16(11-15)12-23/h6-11,13,19H,5,24H2,1-4H3/t19-/m0/s1. The topological polar surface area (TPSA) is 98.0 Å². The van der Waals surface area contributed by atoms with Gasteiger partial charge in [-0.2, -0.15) is 10.2 Å². The molecule has 0 saturated carbocycles. The summed E-state index contributed by atoms with van der Waals surface area (Å²) in [5.74, 6) is 1.39. The van der Waals surface area contributed by atoms with E-state index in [1.165, 1.54) is 0 Å². The number of hydrogen-bond acceptors (Lipinski definition) is 6. The number of benzene rings is 2. The van der Waals surface area contributed by atoms with Gasteiger partial charge >= 0.3 is 0 Å². The molecular weight excluding hydrogens is 352 g/mol. The van der Waals surface area contributed by atoms with Gasteiger partial charge in [0.2, 0.25) is 5.82 Å². The van der Waals surface area contributed by atoms with E-state index in [1.807, 2.05) is 45.0 Å². The van der Waals surface area contributed by atoms with Crippen molar-refractivity contribution in [2.24, 2.45) is 5.73 Å². The number of rotatable bonds is 6. The summed E-state index contributed by atoms with van der Waals surface area (Å²) < 4.78 is 11.1. The molecule has 0 aliphatic carbocycles. The lowest BCUT2D eigenvalue weighted by Gasteiger charge is -2.14. The van der Waals surface area contributed by atoms with Crippen molar-refractivity contribution in [2.45, 2.75) is 46.3 Å². The normalized spacial score (nSPS) is 12.0. The van der Waals surface area contributed by atoms with Gasteiger partial charge in [-0.05, 0) is 56.5 Å². The van der Waals surface area contributed by atoms with Gasteiger partial charge in [0.1, 0.15) is 11.8 Å². The molecule has 144 valence electrons. The van der Waals surface area contributed by atoms with Gasteiger partial charge in [0.15, 0.2) is 0 Å². The Balaban J connectivity index is 1.97. The summed E-state index contributed by atoms with van der Waals surface area (Å²) in [6.07, 6.45) is 0.835.